The van der Waals surface area contributed by atoms with Gasteiger partial charge in [-0.2, -0.15) is 13.2 Å². The third-order valence-electron chi connectivity index (χ3n) is 2.39. The van der Waals surface area contributed by atoms with E-state index in [1.807, 2.05) is 0 Å². The van der Waals surface area contributed by atoms with Crippen molar-refractivity contribution in [3.63, 3.8) is 0 Å². The van der Waals surface area contributed by atoms with Gasteiger partial charge in [0.05, 0.1) is 5.60 Å². The molecule has 0 spiro atoms. The summed E-state index contributed by atoms with van der Waals surface area (Å²) in [5.41, 5.74) is 4.52. The van der Waals surface area contributed by atoms with Gasteiger partial charge >= 0.3 is 6.18 Å². The Labute approximate surface area is 74.9 Å². The van der Waals surface area contributed by atoms with Crippen LogP contribution >= 0.6 is 0 Å². The number of alkyl halides is 3. The summed E-state index contributed by atoms with van der Waals surface area (Å²) in [6, 6.07) is -0.0316. The Kier molecular flexibility index (Phi) is 2.87. The van der Waals surface area contributed by atoms with Gasteiger partial charge in [0.25, 0.3) is 0 Å². The lowest BCUT2D eigenvalue weighted by atomic mass is 9.73. The highest BCUT2D eigenvalue weighted by Crippen LogP contribution is 2.36. The Bertz CT molecular complexity index is 175. The van der Waals surface area contributed by atoms with E-state index in [0.29, 0.717) is 12.8 Å². The first kappa shape index (κ1) is 10.8. The van der Waals surface area contributed by atoms with Crippen molar-refractivity contribution in [2.24, 2.45) is 5.73 Å². The van der Waals surface area contributed by atoms with Crippen LogP contribution in [0.1, 0.15) is 32.1 Å². The highest BCUT2D eigenvalue weighted by molar-refractivity contribution is 4.96. The molecule has 0 radical (unpaired) electrons. The van der Waals surface area contributed by atoms with E-state index in [-0.39, 0.29) is 18.9 Å². The molecule has 0 unspecified atom stereocenters. The fraction of sp³-hybridized carbons (Fsp3) is 1.00. The fourth-order valence-electron chi connectivity index (χ4n) is 1.74. The molecule has 0 aliphatic heterocycles. The summed E-state index contributed by atoms with van der Waals surface area (Å²) < 4.78 is 35.2. The molecular formula is C8H14F3NO. The first-order valence-corrected chi connectivity index (χ1v) is 4.35. The minimum Gasteiger partial charge on any atom is -0.390 e. The summed E-state index contributed by atoms with van der Waals surface area (Å²) in [6.07, 6.45) is -3.85. The van der Waals surface area contributed by atoms with Crippen LogP contribution in [0.25, 0.3) is 0 Å². The van der Waals surface area contributed by atoms with Crippen LogP contribution < -0.4 is 5.73 Å². The van der Waals surface area contributed by atoms with E-state index in [4.69, 9.17) is 5.73 Å². The van der Waals surface area contributed by atoms with Gasteiger partial charge in [-0.3, -0.25) is 0 Å². The van der Waals surface area contributed by atoms with Crippen LogP contribution in [0, 0.1) is 0 Å². The average Bonchev–Trinajstić information content (AvgIpc) is 1.80. The minimum atomic E-state index is -4.11. The molecule has 0 aromatic carbocycles. The molecule has 0 bridgehead atoms. The molecule has 3 N–H and O–H groups in total. The molecule has 13 heavy (non-hydrogen) atoms. The van der Waals surface area contributed by atoms with Crippen molar-refractivity contribution >= 4 is 0 Å². The van der Waals surface area contributed by atoms with Gasteiger partial charge in [-0.1, -0.05) is 0 Å². The fourth-order valence-corrected chi connectivity index (χ4v) is 1.74. The van der Waals surface area contributed by atoms with Gasteiger partial charge in [0.1, 0.15) is 0 Å². The van der Waals surface area contributed by atoms with Crippen molar-refractivity contribution in [3.05, 3.63) is 0 Å². The zero-order chi connectivity index (χ0) is 10.1. The normalized spacial score (nSPS) is 34.4. The van der Waals surface area contributed by atoms with Crippen LogP contribution in [0.15, 0.2) is 0 Å². The highest BCUT2D eigenvalue weighted by atomic mass is 19.4. The molecule has 0 aromatic heterocycles. The van der Waals surface area contributed by atoms with Crippen LogP contribution in [0.2, 0.25) is 0 Å². The van der Waals surface area contributed by atoms with Crippen molar-refractivity contribution in [2.75, 3.05) is 0 Å². The van der Waals surface area contributed by atoms with Crippen LogP contribution in [0.3, 0.4) is 0 Å². The maximum atomic E-state index is 11.7. The van der Waals surface area contributed by atoms with Gasteiger partial charge in [0.2, 0.25) is 0 Å². The van der Waals surface area contributed by atoms with E-state index >= 15 is 0 Å². The van der Waals surface area contributed by atoms with Gasteiger partial charge < -0.3 is 10.8 Å². The molecule has 1 aliphatic carbocycles. The summed E-state index contributed by atoms with van der Waals surface area (Å²) in [7, 11) is 0. The van der Waals surface area contributed by atoms with E-state index in [1.165, 1.54) is 0 Å². The van der Waals surface area contributed by atoms with Crippen LogP contribution in [-0.4, -0.2) is 22.9 Å². The van der Waals surface area contributed by atoms with Crippen molar-refractivity contribution in [1.29, 1.82) is 0 Å². The minimum absolute atomic E-state index is 0.00722. The molecule has 0 heterocycles. The standard InChI is InChI=1S/C8H14F3NO/c9-8(10,11)3-1-2-7(13)4-6(12)5-7/h6,13H,1-5,12H2. The summed E-state index contributed by atoms with van der Waals surface area (Å²) in [6.45, 7) is 0. The van der Waals surface area contributed by atoms with E-state index in [1.54, 1.807) is 0 Å². The van der Waals surface area contributed by atoms with Crippen molar-refractivity contribution < 1.29 is 18.3 Å². The van der Waals surface area contributed by atoms with E-state index in [9.17, 15) is 18.3 Å². The predicted molar refractivity (Wildman–Crippen MR) is 42.1 cm³/mol. The van der Waals surface area contributed by atoms with E-state index in [2.05, 4.69) is 0 Å². The quantitative estimate of drug-likeness (QED) is 0.721. The van der Waals surface area contributed by atoms with Crippen LogP contribution in [0.4, 0.5) is 13.2 Å². The average molecular weight is 197 g/mol. The van der Waals surface area contributed by atoms with Gasteiger partial charge in [0, 0.05) is 12.5 Å². The van der Waals surface area contributed by atoms with Crippen LogP contribution in [0.5, 0.6) is 0 Å². The monoisotopic (exact) mass is 197 g/mol. The molecule has 0 amide bonds. The molecule has 1 saturated carbocycles. The maximum absolute atomic E-state index is 11.7. The topological polar surface area (TPSA) is 46.2 Å². The van der Waals surface area contributed by atoms with E-state index < -0.39 is 18.2 Å². The van der Waals surface area contributed by atoms with Gasteiger partial charge in [-0.25, -0.2) is 0 Å². The molecule has 0 saturated heterocycles. The number of aliphatic hydroxyl groups is 1. The largest absolute Gasteiger partial charge is 0.390 e. The Morgan fingerprint density at radius 3 is 2.31 bits per heavy atom. The first-order chi connectivity index (χ1) is 5.81. The number of rotatable bonds is 3. The molecule has 2 nitrogen and oxygen atoms in total. The third kappa shape index (κ3) is 3.52. The Balaban J connectivity index is 2.13. The Hall–Kier alpha value is -0.290. The number of nitrogens with two attached hydrogens (primary N) is 1. The van der Waals surface area contributed by atoms with Gasteiger partial charge in [-0.05, 0) is 25.7 Å². The van der Waals surface area contributed by atoms with Crippen molar-refractivity contribution in [3.8, 4) is 0 Å². The predicted octanol–water partition coefficient (Wildman–Crippen LogP) is 1.57. The molecule has 1 rings (SSSR count). The lowest BCUT2D eigenvalue weighted by Crippen LogP contribution is -2.51. The van der Waals surface area contributed by atoms with Crippen molar-refractivity contribution in [1.82, 2.24) is 0 Å². The second-order valence-corrected chi connectivity index (χ2v) is 3.86. The second kappa shape index (κ2) is 3.46. The first-order valence-electron chi connectivity index (χ1n) is 4.35. The van der Waals surface area contributed by atoms with E-state index in [0.717, 1.165) is 0 Å². The second-order valence-electron chi connectivity index (χ2n) is 3.86. The molecule has 1 aliphatic rings. The smallest absolute Gasteiger partial charge is 0.389 e. The number of halogens is 3. The zero-order valence-corrected chi connectivity index (χ0v) is 7.27. The van der Waals surface area contributed by atoms with Crippen molar-refractivity contribution in [2.45, 2.75) is 49.9 Å². The summed E-state index contributed by atoms with van der Waals surface area (Å²) in [4.78, 5) is 0. The molecule has 0 aromatic rings. The van der Waals surface area contributed by atoms with Gasteiger partial charge in [0.15, 0.2) is 0 Å². The third-order valence-corrected chi connectivity index (χ3v) is 2.39. The molecular weight excluding hydrogens is 183 g/mol. The molecule has 1 fully saturated rings. The number of hydrogen-bond donors (Lipinski definition) is 2. The van der Waals surface area contributed by atoms with Gasteiger partial charge in [-0.15, -0.1) is 0 Å². The molecule has 0 atom stereocenters. The molecule has 5 heteroatoms. The van der Waals surface area contributed by atoms with Crippen LogP contribution in [-0.2, 0) is 0 Å². The Morgan fingerprint density at radius 2 is 1.92 bits per heavy atom. The zero-order valence-electron chi connectivity index (χ0n) is 7.27. The molecule has 78 valence electrons. The SMILES string of the molecule is NC1CC(O)(CCCC(F)(F)F)C1. The summed E-state index contributed by atoms with van der Waals surface area (Å²) >= 11 is 0. The number of hydrogen-bond acceptors (Lipinski definition) is 2. The lowest BCUT2D eigenvalue weighted by molar-refractivity contribution is -0.140. The lowest BCUT2D eigenvalue weighted by Gasteiger charge is -2.42. The summed E-state index contributed by atoms with van der Waals surface area (Å²) in [5, 5.41) is 9.53. The highest BCUT2D eigenvalue weighted by Gasteiger charge is 2.40. The Morgan fingerprint density at radius 1 is 1.38 bits per heavy atom. The summed E-state index contributed by atoms with van der Waals surface area (Å²) in [5.74, 6) is 0. The maximum Gasteiger partial charge on any atom is 0.389 e.